The summed E-state index contributed by atoms with van der Waals surface area (Å²) in [6.07, 6.45) is -2.18. The van der Waals surface area contributed by atoms with Gasteiger partial charge in [0.25, 0.3) is 0 Å². The quantitative estimate of drug-likeness (QED) is 0.300. The predicted octanol–water partition coefficient (Wildman–Crippen LogP) is 0.286. The highest BCUT2D eigenvalue weighted by atomic mass is 31.3. The Kier molecular flexibility index (Phi) is 4.65. The highest BCUT2D eigenvalue weighted by Crippen LogP contribution is 2.62. The average molecular weight is 253 g/mol. The van der Waals surface area contributed by atoms with E-state index in [1.807, 2.05) is 0 Å². The Morgan fingerprint density at radius 1 is 1.36 bits per heavy atom. The van der Waals surface area contributed by atoms with Crippen LogP contribution in [0.3, 0.4) is 0 Å². The van der Waals surface area contributed by atoms with E-state index in [2.05, 4.69) is 24.0 Å². The lowest BCUT2D eigenvalue weighted by molar-refractivity contribution is -0.158. The van der Waals surface area contributed by atoms with Crippen molar-refractivity contribution < 1.29 is 47.3 Å². The molecule has 2 unspecified atom stereocenters. The Morgan fingerprint density at radius 3 is 2.14 bits per heavy atom. The van der Waals surface area contributed by atoms with Gasteiger partial charge in [0.1, 0.15) is 0 Å². The lowest BCUT2D eigenvalue weighted by Crippen LogP contribution is -2.05. The number of rotatable bonds is 5. The van der Waals surface area contributed by atoms with Gasteiger partial charge in [-0.25, -0.2) is 29.7 Å². The third kappa shape index (κ3) is 4.65. The molecule has 0 saturated carbocycles. The fraction of sp³-hybridized carbons (Fsp3) is 0. The van der Waals surface area contributed by atoms with Crippen molar-refractivity contribution in [3.63, 3.8) is 0 Å². The molecule has 2 atom stereocenters. The summed E-state index contributed by atoms with van der Waals surface area (Å²) in [5, 5.41) is 15.8. The normalized spacial score (nSPS) is 19.4. The molecule has 5 N–H and O–H groups in total. The van der Waals surface area contributed by atoms with Gasteiger partial charge in [-0.05, 0) is 0 Å². The lowest BCUT2D eigenvalue weighted by Gasteiger charge is -2.13. The van der Waals surface area contributed by atoms with E-state index >= 15 is 0 Å². The van der Waals surface area contributed by atoms with E-state index in [0.29, 0.717) is 0 Å². The fourth-order valence-electron chi connectivity index (χ4n) is 0.290. The van der Waals surface area contributed by atoms with E-state index in [4.69, 9.17) is 15.3 Å². The van der Waals surface area contributed by atoms with Gasteiger partial charge in [0.05, 0.1) is 0 Å². The summed E-state index contributed by atoms with van der Waals surface area (Å²) in [7, 11) is -10.2. The van der Waals surface area contributed by atoms with Crippen LogP contribution in [0.1, 0.15) is 0 Å². The highest BCUT2D eigenvalue weighted by Gasteiger charge is 2.41. The molecular formula is CH5NO10P2. The molecule has 0 bridgehead atoms. The highest BCUT2D eigenvalue weighted by molar-refractivity contribution is 7.61. The summed E-state index contributed by atoms with van der Waals surface area (Å²) in [5.74, 6) is 4.20. The van der Waals surface area contributed by atoms with Gasteiger partial charge >= 0.3 is 21.8 Å². The second-order valence-corrected chi connectivity index (χ2v) is 4.58. The molecule has 0 amide bonds. The summed E-state index contributed by atoms with van der Waals surface area (Å²) in [5.41, 5.74) is 0. The first-order valence-electron chi connectivity index (χ1n) is 2.53. The van der Waals surface area contributed by atoms with E-state index in [1.54, 1.807) is 0 Å². The molecule has 0 aromatic carbocycles. The first kappa shape index (κ1) is 13.5. The van der Waals surface area contributed by atoms with Gasteiger partial charge in [0, 0.05) is 0 Å². The Morgan fingerprint density at radius 2 is 1.86 bits per heavy atom. The largest absolute Gasteiger partial charge is 0.571 e. The van der Waals surface area contributed by atoms with Crippen LogP contribution in [0.15, 0.2) is 0 Å². The molecule has 0 aliphatic heterocycles. The summed E-state index contributed by atoms with van der Waals surface area (Å²) < 4.78 is 34.3. The second-order valence-electron chi connectivity index (χ2n) is 1.54. The van der Waals surface area contributed by atoms with E-state index in [9.17, 15) is 13.9 Å². The van der Waals surface area contributed by atoms with Gasteiger partial charge in [-0.2, -0.15) is 4.31 Å². The average Bonchev–Trinajstić information content (AvgIpc) is 2.02. The third-order valence-electron chi connectivity index (χ3n) is 0.626. The summed E-state index contributed by atoms with van der Waals surface area (Å²) >= 11 is 0. The second kappa shape index (κ2) is 4.82. The molecule has 0 saturated heterocycles. The number of nitrogens with two attached hydrogens (primary N) is 1. The van der Waals surface area contributed by atoms with E-state index in [0.717, 1.165) is 0 Å². The zero-order chi connectivity index (χ0) is 11.4. The first-order chi connectivity index (χ1) is 6.24. The minimum absolute atomic E-state index is 2.18. The molecule has 11 nitrogen and oxygen atoms in total. The van der Waals surface area contributed by atoms with Crippen molar-refractivity contribution in [2.45, 2.75) is 0 Å². The Balaban J connectivity index is 4.65. The van der Waals surface area contributed by atoms with E-state index < -0.39 is 21.8 Å². The molecule has 0 aromatic heterocycles. The van der Waals surface area contributed by atoms with Gasteiger partial charge in [0.15, 0.2) is 0 Å². The van der Waals surface area contributed by atoms with Crippen LogP contribution in [0.5, 0.6) is 0 Å². The minimum atomic E-state index is -5.16. The van der Waals surface area contributed by atoms with Gasteiger partial charge in [-0.15, -0.1) is 4.67 Å². The van der Waals surface area contributed by atoms with Crippen molar-refractivity contribution in [2.75, 3.05) is 0 Å². The minimum Gasteiger partial charge on any atom is -0.449 e. The number of hydrogen-bond acceptors (Lipinski definition) is 9. The molecule has 84 valence electrons. The molecular weight excluding hydrogens is 248 g/mol. The lowest BCUT2D eigenvalue weighted by atomic mass is 11.5. The zero-order valence-corrected chi connectivity index (χ0v) is 7.96. The number of carboxylic acid groups (broad SMARTS) is 1. The van der Waals surface area contributed by atoms with Crippen LogP contribution in [0.4, 0.5) is 4.79 Å². The Hall–Kier alpha value is -0.510. The monoisotopic (exact) mass is 253 g/mol. The summed E-state index contributed by atoms with van der Waals surface area (Å²) in [6.45, 7) is 0. The van der Waals surface area contributed by atoms with Crippen LogP contribution in [0.25, 0.3) is 0 Å². The molecule has 0 aromatic rings. The van der Waals surface area contributed by atoms with Crippen LogP contribution in [-0.2, 0) is 27.3 Å². The molecule has 0 heterocycles. The van der Waals surface area contributed by atoms with Crippen molar-refractivity contribution in [3.8, 4) is 0 Å². The summed E-state index contributed by atoms with van der Waals surface area (Å²) in [4.78, 5) is 18.3. The molecule has 14 heavy (non-hydrogen) atoms. The van der Waals surface area contributed by atoms with Crippen molar-refractivity contribution in [1.29, 1.82) is 0 Å². The molecule has 13 heteroatoms. The van der Waals surface area contributed by atoms with Gasteiger partial charge in [0.2, 0.25) is 0 Å². The smallest absolute Gasteiger partial charge is 0.449 e. The van der Waals surface area contributed by atoms with Crippen molar-refractivity contribution >= 4 is 21.8 Å². The Labute approximate surface area is 76.1 Å². The third-order valence-corrected chi connectivity index (χ3v) is 3.10. The van der Waals surface area contributed by atoms with Crippen LogP contribution in [0.2, 0.25) is 0 Å². The molecule has 0 rings (SSSR count). The van der Waals surface area contributed by atoms with Crippen molar-refractivity contribution in [1.82, 2.24) is 0 Å². The van der Waals surface area contributed by atoms with Crippen molar-refractivity contribution in [3.05, 3.63) is 0 Å². The van der Waals surface area contributed by atoms with Crippen LogP contribution in [0, 0.1) is 0 Å². The maximum absolute atomic E-state index is 10.8. The molecule has 0 aliphatic rings. The number of hydrogen-bond donors (Lipinski definition) is 4. The molecule has 0 radical (unpaired) electrons. The van der Waals surface area contributed by atoms with E-state index in [-0.39, 0.29) is 0 Å². The van der Waals surface area contributed by atoms with Crippen LogP contribution < -0.4 is 5.90 Å². The van der Waals surface area contributed by atoms with E-state index in [1.165, 1.54) is 0 Å². The topological polar surface area (TPSA) is 175 Å². The van der Waals surface area contributed by atoms with Gasteiger partial charge in [-0.1, -0.05) is 0 Å². The zero-order valence-electron chi connectivity index (χ0n) is 6.17. The molecule has 0 aliphatic carbocycles. The fourth-order valence-corrected chi connectivity index (χ4v) is 1.93. The van der Waals surface area contributed by atoms with Crippen molar-refractivity contribution in [2.24, 2.45) is 5.90 Å². The molecule has 0 fully saturated rings. The predicted molar refractivity (Wildman–Crippen MR) is 36.6 cm³/mol. The summed E-state index contributed by atoms with van der Waals surface area (Å²) in [6, 6.07) is 0. The SMILES string of the molecule is NOP(=O)(O)OP(=O)(OO)OC(=O)O. The Bertz CT molecular complexity index is 296. The first-order valence-corrected chi connectivity index (χ1v) is 5.48. The van der Waals surface area contributed by atoms with Crippen LogP contribution >= 0.6 is 15.6 Å². The maximum atomic E-state index is 10.8. The van der Waals surface area contributed by atoms with Crippen LogP contribution in [-0.4, -0.2) is 21.4 Å². The number of phosphoric acid groups is 2. The van der Waals surface area contributed by atoms with Gasteiger partial charge < -0.3 is 14.5 Å². The molecule has 0 spiro atoms. The number of carbonyl (C=O) groups is 1. The standard InChI is InChI=1S/CH5NO10P2/c2-10-13(6,7)12-14(8,11-5)9-1(3)4/h5H,2H2,(H,3,4)(H,6,7). The maximum Gasteiger partial charge on any atom is 0.571 e. The van der Waals surface area contributed by atoms with Gasteiger partial charge in [-0.3, -0.25) is 0 Å².